The molecule has 0 radical (unpaired) electrons. The summed E-state index contributed by atoms with van der Waals surface area (Å²) in [4.78, 5) is 51.2. The minimum Gasteiger partial charge on any atom is -0.488 e. The number of aromatic nitrogens is 2. The molecule has 2 atom stereocenters. The Morgan fingerprint density at radius 1 is 1.02 bits per heavy atom. The van der Waals surface area contributed by atoms with Gasteiger partial charge >= 0.3 is 0 Å². The molecular weight excluding hydrogens is 701 g/mol. The van der Waals surface area contributed by atoms with Crippen molar-refractivity contribution < 1.29 is 23.5 Å². The topological polar surface area (TPSA) is 150 Å². The van der Waals surface area contributed by atoms with Gasteiger partial charge in [-0.2, -0.15) is 5.10 Å². The van der Waals surface area contributed by atoms with Gasteiger partial charge in [-0.05, 0) is 47.5 Å². The molecule has 2 saturated heterocycles. The largest absolute Gasteiger partial charge is 0.488 e. The Balaban J connectivity index is 1.17. The highest BCUT2D eigenvalue weighted by molar-refractivity contribution is 6.32. The van der Waals surface area contributed by atoms with Crippen molar-refractivity contribution in [3.05, 3.63) is 95.0 Å². The molecule has 276 valence electrons. The molecule has 4 bridgehead atoms. The van der Waals surface area contributed by atoms with Gasteiger partial charge in [0.25, 0.3) is 5.91 Å². The number of piperazine rings is 1. The maximum absolute atomic E-state index is 14.1. The Hall–Kier alpha value is -5.31. The number of hydrogen-bond donors (Lipinski definition) is 3. The quantitative estimate of drug-likeness (QED) is 0.271. The Labute approximate surface area is 311 Å². The third kappa shape index (κ3) is 8.35. The zero-order valence-electron chi connectivity index (χ0n) is 29.1. The summed E-state index contributed by atoms with van der Waals surface area (Å²) in [5.41, 5.74) is 10.2. The van der Waals surface area contributed by atoms with E-state index in [4.69, 9.17) is 27.1 Å². The second-order valence-electron chi connectivity index (χ2n) is 13.3. The summed E-state index contributed by atoms with van der Waals surface area (Å²) in [6, 6.07) is 16.4. The van der Waals surface area contributed by atoms with Crippen molar-refractivity contribution in [1.29, 1.82) is 0 Å². The summed E-state index contributed by atoms with van der Waals surface area (Å²) in [6.45, 7) is 4.64. The number of nitrogen functional groups attached to an aromatic ring is 1. The highest BCUT2D eigenvalue weighted by Gasteiger charge is 2.41. The first-order valence-corrected chi connectivity index (χ1v) is 18.1. The van der Waals surface area contributed by atoms with Crippen molar-refractivity contribution in [2.24, 2.45) is 4.99 Å². The second kappa shape index (κ2) is 16.1. The molecule has 4 N–H and O–H groups in total. The molecule has 4 aromatic rings. The van der Waals surface area contributed by atoms with Gasteiger partial charge in [-0.15, -0.1) is 0 Å². The minimum absolute atomic E-state index is 0.0217. The molecule has 2 fully saturated rings. The van der Waals surface area contributed by atoms with Crippen molar-refractivity contribution in [3.8, 4) is 22.6 Å². The molecule has 13 nitrogen and oxygen atoms in total. The lowest BCUT2D eigenvalue weighted by atomic mass is 9.98. The van der Waals surface area contributed by atoms with Crippen molar-refractivity contribution in [2.75, 3.05) is 71.2 Å². The molecule has 3 aliphatic heterocycles. The summed E-state index contributed by atoms with van der Waals surface area (Å²) in [5, 5.41) is 10.7. The number of likely N-dealkylation sites (tertiary alicyclic amines) is 1. The van der Waals surface area contributed by atoms with Gasteiger partial charge in [0, 0.05) is 75.9 Å². The Morgan fingerprint density at radius 3 is 2.68 bits per heavy atom. The minimum atomic E-state index is -0.839. The average Bonchev–Trinajstić information content (AvgIpc) is 3.82. The summed E-state index contributed by atoms with van der Waals surface area (Å²) in [5.74, 6) is -0.632. The Kier molecular flexibility index (Phi) is 11.0. The number of anilines is 1. The number of benzene rings is 3. The first kappa shape index (κ1) is 36.1. The Morgan fingerprint density at radius 2 is 1.85 bits per heavy atom. The molecule has 3 aliphatic rings. The molecule has 3 amide bonds. The molecule has 4 heterocycles. The molecule has 0 saturated carbocycles. The maximum atomic E-state index is 14.1. The number of amides is 3. The fraction of sp³-hybridized carbons (Fsp3) is 0.342. The van der Waals surface area contributed by atoms with Crippen LogP contribution >= 0.6 is 11.6 Å². The van der Waals surface area contributed by atoms with Crippen LogP contribution in [0.15, 0.2) is 78.0 Å². The lowest BCUT2D eigenvalue weighted by Crippen LogP contribution is -2.51. The third-order valence-corrected chi connectivity index (χ3v) is 10.0. The number of halogens is 2. The van der Waals surface area contributed by atoms with Gasteiger partial charge in [0.1, 0.15) is 23.7 Å². The number of carbonyl (C=O) groups excluding carboxylic acids is 3. The van der Waals surface area contributed by atoms with Crippen LogP contribution in [-0.2, 0) is 9.59 Å². The van der Waals surface area contributed by atoms with E-state index in [2.05, 4.69) is 15.7 Å². The van der Waals surface area contributed by atoms with Gasteiger partial charge in [0.15, 0.2) is 0 Å². The van der Waals surface area contributed by atoms with Crippen LogP contribution in [0.25, 0.3) is 16.8 Å². The van der Waals surface area contributed by atoms with E-state index in [1.54, 1.807) is 6.21 Å². The van der Waals surface area contributed by atoms with Crippen molar-refractivity contribution in [1.82, 2.24) is 35.1 Å². The van der Waals surface area contributed by atoms with E-state index in [0.717, 1.165) is 29.8 Å². The number of ether oxygens (including phenoxy) is 1. The highest BCUT2D eigenvalue weighted by atomic mass is 35.5. The molecule has 7 rings (SSSR count). The summed E-state index contributed by atoms with van der Waals surface area (Å²) in [6.07, 6.45) is 4.43. The van der Waals surface area contributed by atoms with Gasteiger partial charge in [0.2, 0.25) is 11.8 Å². The average molecular weight is 742 g/mol. The number of nitrogens with two attached hydrogens (primary N) is 1. The fourth-order valence-corrected chi connectivity index (χ4v) is 7.20. The molecule has 1 aromatic heterocycles. The molecule has 3 aromatic carbocycles. The monoisotopic (exact) mass is 741 g/mol. The number of aliphatic imine (C=N–C) groups is 1. The van der Waals surface area contributed by atoms with Gasteiger partial charge in [-0.25, -0.2) is 9.07 Å². The zero-order chi connectivity index (χ0) is 36.9. The van der Waals surface area contributed by atoms with Crippen LogP contribution in [0.1, 0.15) is 22.3 Å². The van der Waals surface area contributed by atoms with Crippen LogP contribution in [0.3, 0.4) is 0 Å². The number of carbonyl (C=O) groups is 3. The van der Waals surface area contributed by atoms with Gasteiger partial charge in [-0.1, -0.05) is 35.9 Å². The SMILES string of the molecule is Nc1cccc2c1C=NCCN(CC(=O)N1CCNCC1)CCNC(=O)C1CC(CN1C(=O)c1cnn(-c3ccc(F)cc3Cl)c1)Oc1cccc-2c1. The number of hydrogen-bond acceptors (Lipinski definition) is 9. The van der Waals surface area contributed by atoms with Gasteiger partial charge in [0.05, 0.1) is 42.1 Å². The van der Waals surface area contributed by atoms with E-state index in [1.165, 1.54) is 40.2 Å². The lowest BCUT2D eigenvalue weighted by Gasteiger charge is -2.30. The number of nitrogens with zero attached hydrogens (tertiary/aromatic N) is 6. The fourth-order valence-electron chi connectivity index (χ4n) is 6.95. The van der Waals surface area contributed by atoms with Gasteiger partial charge < -0.3 is 30.9 Å². The molecule has 15 heteroatoms. The third-order valence-electron chi connectivity index (χ3n) is 9.72. The molecule has 0 aliphatic carbocycles. The normalized spacial score (nSPS) is 19.8. The first-order chi connectivity index (χ1) is 25.7. The van der Waals surface area contributed by atoms with Crippen LogP contribution in [-0.4, -0.2) is 126 Å². The van der Waals surface area contributed by atoms with Crippen LogP contribution in [0, 0.1) is 5.82 Å². The highest BCUT2D eigenvalue weighted by Crippen LogP contribution is 2.32. The smallest absolute Gasteiger partial charge is 0.257 e. The lowest BCUT2D eigenvalue weighted by molar-refractivity contribution is -0.132. The van der Waals surface area contributed by atoms with E-state index in [1.807, 2.05) is 52.3 Å². The summed E-state index contributed by atoms with van der Waals surface area (Å²) >= 11 is 6.26. The Bertz CT molecular complexity index is 2020. The summed E-state index contributed by atoms with van der Waals surface area (Å²) in [7, 11) is 0. The predicted molar refractivity (Wildman–Crippen MR) is 200 cm³/mol. The van der Waals surface area contributed by atoms with E-state index >= 15 is 0 Å². The standard InChI is InChI=1S/C38H41ClFN9O4/c39-32-18-27(40)7-8-34(32)49-22-26(20-45-49)38(52)48-23-29-19-35(48)37(51)44-12-14-46(24-36(50)47-15-10-42-11-16-47)13-9-43-21-31-30(5-2-6-33(31)41)25-3-1-4-28(17-25)53-29/h1-8,17-18,20-22,29,35,42H,9-16,19,23-24,41H2,(H,44,51). The number of rotatable bonds is 4. The van der Waals surface area contributed by atoms with E-state index in [0.29, 0.717) is 49.8 Å². The van der Waals surface area contributed by atoms with Gasteiger partial charge in [-0.3, -0.25) is 24.3 Å². The summed E-state index contributed by atoms with van der Waals surface area (Å²) < 4.78 is 21.6. The van der Waals surface area contributed by atoms with Crippen LogP contribution in [0.4, 0.5) is 10.1 Å². The molecule has 53 heavy (non-hydrogen) atoms. The first-order valence-electron chi connectivity index (χ1n) is 17.7. The van der Waals surface area contributed by atoms with Crippen molar-refractivity contribution in [3.63, 3.8) is 0 Å². The number of fused-ring (bicyclic) bond motifs is 6. The van der Waals surface area contributed by atoms with E-state index in [9.17, 15) is 18.8 Å². The van der Waals surface area contributed by atoms with Crippen LogP contribution in [0.5, 0.6) is 5.75 Å². The van der Waals surface area contributed by atoms with E-state index < -0.39 is 23.9 Å². The second-order valence-corrected chi connectivity index (χ2v) is 13.7. The molecule has 2 unspecified atom stereocenters. The zero-order valence-corrected chi connectivity index (χ0v) is 29.8. The van der Waals surface area contributed by atoms with Crippen molar-refractivity contribution in [2.45, 2.75) is 18.6 Å². The molecular formula is C38H41ClFN9O4. The van der Waals surface area contributed by atoms with Crippen LogP contribution in [0.2, 0.25) is 5.02 Å². The number of nitrogens with one attached hydrogen (secondary N) is 2. The van der Waals surface area contributed by atoms with Crippen LogP contribution < -0.4 is 21.1 Å². The van der Waals surface area contributed by atoms with Crippen molar-refractivity contribution >= 4 is 41.2 Å². The predicted octanol–water partition coefficient (Wildman–Crippen LogP) is 2.86. The maximum Gasteiger partial charge on any atom is 0.257 e. The molecule has 0 spiro atoms. The van der Waals surface area contributed by atoms with E-state index in [-0.39, 0.29) is 48.5 Å².